The second-order valence-electron chi connectivity index (χ2n) is 4.72. The third-order valence-corrected chi connectivity index (χ3v) is 4.77. The Hall–Kier alpha value is -0.550. The summed E-state index contributed by atoms with van der Waals surface area (Å²) >= 11 is 13.3. The fourth-order valence-corrected chi connectivity index (χ4v) is 4.02. The van der Waals surface area contributed by atoms with Crippen molar-refractivity contribution in [2.75, 3.05) is 7.11 Å². The molecule has 5 heteroatoms. The molecule has 0 radical (unpaired) electrons. The maximum Gasteiger partial charge on any atom is 0.147 e. The molecule has 2 nitrogen and oxygen atoms in total. The van der Waals surface area contributed by atoms with Crippen molar-refractivity contribution in [2.45, 2.75) is 19.5 Å². The minimum Gasteiger partial charge on any atom is -0.494 e. The molecule has 0 heterocycles. The number of nitrogens with one attached hydrogen (secondary N) is 1. The van der Waals surface area contributed by atoms with E-state index in [0.717, 1.165) is 37.4 Å². The second kappa shape index (κ2) is 7.63. The van der Waals surface area contributed by atoms with Crippen molar-refractivity contribution >= 4 is 43.5 Å². The van der Waals surface area contributed by atoms with Gasteiger partial charge < -0.3 is 10.1 Å². The van der Waals surface area contributed by atoms with Crippen molar-refractivity contribution in [1.82, 2.24) is 5.32 Å². The average molecular weight is 434 g/mol. The first-order chi connectivity index (χ1) is 10.0. The molecule has 2 aromatic rings. The van der Waals surface area contributed by atoms with E-state index >= 15 is 0 Å². The van der Waals surface area contributed by atoms with Gasteiger partial charge in [-0.3, -0.25) is 0 Å². The molecule has 0 aliphatic carbocycles. The lowest BCUT2D eigenvalue weighted by Crippen LogP contribution is -2.18. The smallest absolute Gasteiger partial charge is 0.147 e. The van der Waals surface area contributed by atoms with Gasteiger partial charge in [-0.1, -0.05) is 29.8 Å². The highest BCUT2D eigenvalue weighted by Gasteiger charge is 2.11. The van der Waals surface area contributed by atoms with Gasteiger partial charge in [0, 0.05) is 17.6 Å². The van der Waals surface area contributed by atoms with Gasteiger partial charge in [-0.05, 0) is 68.1 Å². The van der Waals surface area contributed by atoms with E-state index < -0.39 is 0 Å². The Labute approximate surface area is 147 Å². The summed E-state index contributed by atoms with van der Waals surface area (Å²) in [4.78, 5) is 0. The molecule has 21 heavy (non-hydrogen) atoms. The number of halogens is 3. The molecule has 0 aromatic heterocycles. The van der Waals surface area contributed by atoms with Crippen LogP contribution in [0.1, 0.15) is 24.1 Å². The third-order valence-electron chi connectivity index (χ3n) is 3.25. The van der Waals surface area contributed by atoms with E-state index in [4.69, 9.17) is 16.3 Å². The van der Waals surface area contributed by atoms with Crippen molar-refractivity contribution in [1.29, 1.82) is 0 Å². The van der Waals surface area contributed by atoms with Crippen molar-refractivity contribution in [3.8, 4) is 5.75 Å². The van der Waals surface area contributed by atoms with Crippen molar-refractivity contribution < 1.29 is 4.74 Å². The number of benzene rings is 2. The van der Waals surface area contributed by atoms with Gasteiger partial charge in [0.15, 0.2) is 0 Å². The maximum absolute atomic E-state index is 6.22. The number of ether oxygens (including phenoxy) is 1. The Bertz CT molecular complexity index is 610. The van der Waals surface area contributed by atoms with Gasteiger partial charge >= 0.3 is 0 Å². The van der Waals surface area contributed by atoms with Crippen LogP contribution in [0.25, 0.3) is 0 Å². The second-order valence-corrected chi connectivity index (χ2v) is 6.83. The predicted molar refractivity (Wildman–Crippen MR) is 95.1 cm³/mol. The van der Waals surface area contributed by atoms with E-state index in [2.05, 4.69) is 56.2 Å². The summed E-state index contributed by atoms with van der Waals surface area (Å²) < 4.78 is 7.17. The molecular weight excluding hydrogens is 417 g/mol. The van der Waals surface area contributed by atoms with Crippen LogP contribution in [0.2, 0.25) is 5.02 Å². The normalized spacial score (nSPS) is 12.2. The summed E-state index contributed by atoms with van der Waals surface area (Å²) in [6, 6.07) is 12.2. The molecule has 2 rings (SSSR count). The van der Waals surface area contributed by atoms with Crippen LogP contribution in [-0.4, -0.2) is 7.11 Å². The van der Waals surface area contributed by atoms with Gasteiger partial charge in [-0.15, -0.1) is 0 Å². The molecule has 0 unspecified atom stereocenters. The summed E-state index contributed by atoms with van der Waals surface area (Å²) in [5, 5.41) is 4.27. The van der Waals surface area contributed by atoms with Crippen LogP contribution in [0.3, 0.4) is 0 Å². The highest BCUT2D eigenvalue weighted by atomic mass is 79.9. The largest absolute Gasteiger partial charge is 0.494 e. The van der Waals surface area contributed by atoms with E-state index in [1.54, 1.807) is 7.11 Å². The molecule has 0 spiro atoms. The average Bonchev–Trinajstić information content (AvgIpc) is 2.45. The zero-order chi connectivity index (χ0) is 15.4. The Morgan fingerprint density at radius 3 is 2.38 bits per heavy atom. The standard InChI is InChI=1S/C16H16Br2ClNO/c1-10(12-5-3-4-6-15(12)19)20-9-11-7-13(17)16(21-2)14(18)8-11/h3-8,10,20H,9H2,1-2H3/t10-/m1/s1. The monoisotopic (exact) mass is 431 g/mol. The van der Waals surface area contributed by atoms with Crippen molar-refractivity contribution in [2.24, 2.45) is 0 Å². The topological polar surface area (TPSA) is 21.3 Å². The van der Waals surface area contributed by atoms with E-state index in [1.165, 1.54) is 0 Å². The predicted octanol–water partition coefficient (Wildman–Crippen LogP) is 5.72. The lowest BCUT2D eigenvalue weighted by molar-refractivity contribution is 0.409. The van der Waals surface area contributed by atoms with Crippen LogP contribution in [0.15, 0.2) is 45.3 Å². The quantitative estimate of drug-likeness (QED) is 0.651. The van der Waals surface area contributed by atoms with Crippen LogP contribution in [0.5, 0.6) is 5.75 Å². The summed E-state index contributed by atoms with van der Waals surface area (Å²) in [6.07, 6.45) is 0. The molecule has 2 aromatic carbocycles. The number of hydrogen-bond donors (Lipinski definition) is 1. The minimum atomic E-state index is 0.179. The van der Waals surface area contributed by atoms with Crippen molar-refractivity contribution in [3.63, 3.8) is 0 Å². The molecule has 0 saturated carbocycles. The highest BCUT2D eigenvalue weighted by molar-refractivity contribution is 9.11. The lowest BCUT2D eigenvalue weighted by Gasteiger charge is -2.16. The van der Waals surface area contributed by atoms with Crippen LogP contribution in [0.4, 0.5) is 0 Å². The van der Waals surface area contributed by atoms with Gasteiger partial charge in [0.25, 0.3) is 0 Å². The van der Waals surface area contributed by atoms with Crippen LogP contribution < -0.4 is 10.1 Å². The first-order valence-electron chi connectivity index (χ1n) is 6.52. The SMILES string of the molecule is COc1c(Br)cc(CN[C@H](C)c2ccccc2Cl)cc1Br. The molecule has 0 saturated heterocycles. The first-order valence-corrected chi connectivity index (χ1v) is 8.49. The lowest BCUT2D eigenvalue weighted by atomic mass is 10.1. The first kappa shape index (κ1) is 16.8. The minimum absolute atomic E-state index is 0.179. The zero-order valence-electron chi connectivity index (χ0n) is 11.8. The third kappa shape index (κ3) is 4.22. The van der Waals surface area contributed by atoms with E-state index in [1.807, 2.05) is 24.3 Å². The summed E-state index contributed by atoms with van der Waals surface area (Å²) in [5.74, 6) is 0.804. The van der Waals surface area contributed by atoms with Crippen molar-refractivity contribution in [3.05, 3.63) is 61.5 Å². The summed E-state index contributed by atoms with van der Waals surface area (Å²) in [7, 11) is 1.66. The van der Waals surface area contributed by atoms with Gasteiger partial charge in [0.2, 0.25) is 0 Å². The maximum atomic E-state index is 6.22. The molecule has 0 aliphatic heterocycles. The van der Waals surface area contributed by atoms with E-state index in [0.29, 0.717) is 0 Å². The molecular formula is C16H16Br2ClNO. The molecule has 0 bridgehead atoms. The Morgan fingerprint density at radius 1 is 1.19 bits per heavy atom. The fraction of sp³-hybridized carbons (Fsp3) is 0.250. The Balaban J connectivity index is 2.08. The van der Waals surface area contributed by atoms with Crippen LogP contribution in [0, 0.1) is 0 Å². The van der Waals surface area contributed by atoms with Gasteiger partial charge in [0.1, 0.15) is 5.75 Å². The Morgan fingerprint density at radius 2 is 1.81 bits per heavy atom. The molecule has 0 aliphatic rings. The van der Waals surface area contributed by atoms with Gasteiger partial charge in [-0.25, -0.2) is 0 Å². The molecule has 0 amide bonds. The zero-order valence-corrected chi connectivity index (χ0v) is 15.7. The van der Waals surface area contributed by atoms with Gasteiger partial charge in [0.05, 0.1) is 16.1 Å². The molecule has 112 valence electrons. The summed E-state index contributed by atoms with van der Waals surface area (Å²) in [6.45, 7) is 2.85. The Kier molecular flexibility index (Phi) is 6.11. The number of methoxy groups -OCH3 is 1. The highest BCUT2D eigenvalue weighted by Crippen LogP contribution is 2.34. The number of rotatable bonds is 5. The fourth-order valence-electron chi connectivity index (χ4n) is 2.12. The van der Waals surface area contributed by atoms with Gasteiger partial charge in [-0.2, -0.15) is 0 Å². The molecule has 1 N–H and O–H groups in total. The number of hydrogen-bond acceptors (Lipinski definition) is 2. The summed E-state index contributed by atoms with van der Waals surface area (Å²) in [5.41, 5.74) is 2.26. The van der Waals surface area contributed by atoms with Crippen LogP contribution >= 0.6 is 43.5 Å². The van der Waals surface area contributed by atoms with E-state index in [9.17, 15) is 0 Å². The van der Waals surface area contributed by atoms with E-state index in [-0.39, 0.29) is 6.04 Å². The molecule has 0 fully saturated rings. The molecule has 1 atom stereocenters. The van der Waals surface area contributed by atoms with Crippen LogP contribution in [-0.2, 0) is 6.54 Å².